The molecule has 0 aromatic carbocycles. The molecule has 0 radical (unpaired) electrons. The minimum atomic E-state index is -0.346. The third-order valence-electron chi connectivity index (χ3n) is 3.47. The first-order chi connectivity index (χ1) is 8.05. The van der Waals surface area contributed by atoms with Crippen LogP contribution in [0.25, 0.3) is 0 Å². The van der Waals surface area contributed by atoms with Crippen molar-refractivity contribution in [1.29, 1.82) is 0 Å². The van der Waals surface area contributed by atoms with E-state index in [0.717, 1.165) is 12.8 Å². The Hall–Kier alpha value is -1.43. The van der Waals surface area contributed by atoms with Crippen molar-refractivity contribution >= 4 is 17.5 Å². The van der Waals surface area contributed by atoms with Gasteiger partial charge in [0.25, 0.3) is 5.91 Å². The average Bonchev–Trinajstić information content (AvgIpc) is 3.13. The van der Waals surface area contributed by atoms with Gasteiger partial charge < -0.3 is 11.1 Å². The zero-order valence-corrected chi connectivity index (χ0v) is 9.95. The second-order valence-corrected chi connectivity index (χ2v) is 4.94. The van der Waals surface area contributed by atoms with Crippen molar-refractivity contribution in [3.8, 4) is 0 Å². The normalized spacial score (nSPS) is 23.4. The molecule has 1 saturated carbocycles. The molecule has 2 aliphatic rings. The molecular formula is C11H18N4O2. The number of hydrazone groups is 1. The van der Waals surface area contributed by atoms with Gasteiger partial charge in [0.2, 0.25) is 5.91 Å². The minimum absolute atomic E-state index is 0.148. The van der Waals surface area contributed by atoms with Crippen LogP contribution in [0.15, 0.2) is 5.10 Å². The largest absolute Gasteiger partial charge is 0.344 e. The molecule has 0 spiro atoms. The number of amides is 2. The van der Waals surface area contributed by atoms with E-state index in [1.165, 1.54) is 0 Å². The Kier molecular flexibility index (Phi) is 3.15. The molecule has 6 nitrogen and oxygen atoms in total. The van der Waals surface area contributed by atoms with Crippen LogP contribution in [0.5, 0.6) is 0 Å². The number of nitrogens with two attached hydrogens (primary N) is 1. The van der Waals surface area contributed by atoms with E-state index in [2.05, 4.69) is 15.8 Å². The van der Waals surface area contributed by atoms with E-state index in [1.54, 1.807) is 0 Å². The fraction of sp³-hybridized carbons (Fsp3) is 0.727. The quantitative estimate of drug-likeness (QED) is 0.615. The second kappa shape index (κ2) is 4.44. The summed E-state index contributed by atoms with van der Waals surface area (Å²) in [6.07, 6.45) is 2.92. The molecule has 0 bridgehead atoms. The van der Waals surface area contributed by atoms with Crippen molar-refractivity contribution < 1.29 is 9.59 Å². The molecular weight excluding hydrogens is 220 g/mol. The van der Waals surface area contributed by atoms with Crippen molar-refractivity contribution in [1.82, 2.24) is 10.7 Å². The van der Waals surface area contributed by atoms with Gasteiger partial charge in [-0.1, -0.05) is 0 Å². The zero-order valence-electron chi connectivity index (χ0n) is 9.95. The Balaban J connectivity index is 1.98. The van der Waals surface area contributed by atoms with Crippen LogP contribution in [-0.2, 0) is 9.59 Å². The van der Waals surface area contributed by atoms with Crippen molar-refractivity contribution in [2.75, 3.05) is 6.54 Å². The lowest BCUT2D eigenvalue weighted by molar-refractivity contribution is -0.121. The van der Waals surface area contributed by atoms with Crippen LogP contribution in [0.4, 0.5) is 0 Å². The maximum atomic E-state index is 12.0. The van der Waals surface area contributed by atoms with E-state index in [1.807, 2.05) is 6.92 Å². The highest BCUT2D eigenvalue weighted by Crippen LogP contribution is 2.38. The van der Waals surface area contributed by atoms with E-state index >= 15 is 0 Å². The predicted molar refractivity (Wildman–Crippen MR) is 63.1 cm³/mol. The van der Waals surface area contributed by atoms with Gasteiger partial charge in [-0.15, -0.1) is 0 Å². The highest BCUT2D eigenvalue weighted by atomic mass is 16.2. The summed E-state index contributed by atoms with van der Waals surface area (Å²) >= 11 is 0. The SMILES string of the molecule is CC(CN)(NC(=O)C1=NNC(=O)CC1)C1CC1. The third-order valence-corrected chi connectivity index (χ3v) is 3.47. The van der Waals surface area contributed by atoms with E-state index in [0.29, 0.717) is 31.0 Å². The summed E-state index contributed by atoms with van der Waals surface area (Å²) in [5, 5.41) is 6.72. The maximum Gasteiger partial charge on any atom is 0.267 e. The molecule has 1 heterocycles. The van der Waals surface area contributed by atoms with Crippen molar-refractivity contribution in [3.63, 3.8) is 0 Å². The molecule has 0 saturated heterocycles. The van der Waals surface area contributed by atoms with E-state index in [-0.39, 0.29) is 17.4 Å². The van der Waals surface area contributed by atoms with Gasteiger partial charge in [-0.2, -0.15) is 5.10 Å². The summed E-state index contributed by atoms with van der Waals surface area (Å²) in [7, 11) is 0. The Morgan fingerprint density at radius 1 is 1.59 bits per heavy atom. The molecule has 6 heteroatoms. The lowest BCUT2D eigenvalue weighted by Crippen LogP contribution is -2.55. The van der Waals surface area contributed by atoms with Crippen LogP contribution >= 0.6 is 0 Å². The number of hydrogen-bond acceptors (Lipinski definition) is 4. The first-order valence-electron chi connectivity index (χ1n) is 5.93. The molecule has 4 N–H and O–H groups in total. The van der Waals surface area contributed by atoms with Gasteiger partial charge in [0.05, 0.1) is 5.54 Å². The summed E-state index contributed by atoms with van der Waals surface area (Å²) in [4.78, 5) is 22.9. The van der Waals surface area contributed by atoms with E-state index in [9.17, 15) is 9.59 Å². The molecule has 1 aliphatic carbocycles. The van der Waals surface area contributed by atoms with Gasteiger partial charge in [0.15, 0.2) is 0 Å². The summed E-state index contributed by atoms with van der Waals surface area (Å²) in [5.41, 5.74) is 8.08. The molecule has 17 heavy (non-hydrogen) atoms. The van der Waals surface area contributed by atoms with Gasteiger partial charge in [-0.3, -0.25) is 9.59 Å². The molecule has 94 valence electrons. The van der Waals surface area contributed by atoms with Gasteiger partial charge in [0, 0.05) is 19.4 Å². The highest BCUT2D eigenvalue weighted by Gasteiger charge is 2.42. The number of nitrogens with zero attached hydrogens (tertiary/aromatic N) is 1. The molecule has 1 aliphatic heterocycles. The van der Waals surface area contributed by atoms with Crippen molar-refractivity contribution in [2.45, 2.75) is 38.1 Å². The zero-order chi connectivity index (χ0) is 12.5. The van der Waals surface area contributed by atoms with E-state index in [4.69, 9.17) is 5.73 Å². The molecule has 1 fully saturated rings. The lowest BCUT2D eigenvalue weighted by Gasteiger charge is -2.30. The van der Waals surface area contributed by atoms with Crippen LogP contribution < -0.4 is 16.5 Å². The fourth-order valence-corrected chi connectivity index (χ4v) is 2.01. The summed E-state index contributed by atoms with van der Waals surface area (Å²) in [5.74, 6) is 0.102. The Labute approximate surface area is 100 Å². The molecule has 1 atom stereocenters. The first kappa shape index (κ1) is 12.0. The number of carbonyl (C=O) groups excluding carboxylic acids is 2. The second-order valence-electron chi connectivity index (χ2n) is 4.94. The highest BCUT2D eigenvalue weighted by molar-refractivity contribution is 6.39. The predicted octanol–water partition coefficient (Wildman–Crippen LogP) is -0.504. The topological polar surface area (TPSA) is 96.6 Å². The minimum Gasteiger partial charge on any atom is -0.344 e. The van der Waals surface area contributed by atoms with Crippen LogP contribution in [0.2, 0.25) is 0 Å². The van der Waals surface area contributed by atoms with Gasteiger partial charge in [-0.05, 0) is 25.7 Å². The standard InChI is InChI=1S/C11H18N4O2/c1-11(6-12,7-2-3-7)13-10(17)8-4-5-9(16)15-14-8/h7H,2-6,12H2,1H3,(H,13,17)(H,15,16). The third kappa shape index (κ3) is 2.63. The summed E-state index contributed by atoms with van der Waals surface area (Å²) in [6, 6.07) is 0. The molecule has 2 amide bonds. The van der Waals surface area contributed by atoms with Crippen molar-refractivity contribution in [2.24, 2.45) is 16.8 Å². The molecule has 1 unspecified atom stereocenters. The number of nitrogens with one attached hydrogen (secondary N) is 2. The summed E-state index contributed by atoms with van der Waals surface area (Å²) in [6.45, 7) is 2.38. The molecule has 0 aromatic rings. The smallest absolute Gasteiger partial charge is 0.267 e. The van der Waals surface area contributed by atoms with Crippen LogP contribution in [0, 0.1) is 5.92 Å². The Morgan fingerprint density at radius 2 is 2.29 bits per heavy atom. The van der Waals surface area contributed by atoms with E-state index < -0.39 is 0 Å². The Morgan fingerprint density at radius 3 is 2.76 bits per heavy atom. The van der Waals surface area contributed by atoms with Gasteiger partial charge >= 0.3 is 0 Å². The molecule has 0 aromatic heterocycles. The number of carbonyl (C=O) groups is 2. The summed E-state index contributed by atoms with van der Waals surface area (Å²) < 4.78 is 0. The monoisotopic (exact) mass is 238 g/mol. The van der Waals surface area contributed by atoms with Crippen LogP contribution in [0.1, 0.15) is 32.6 Å². The fourth-order valence-electron chi connectivity index (χ4n) is 2.01. The average molecular weight is 238 g/mol. The maximum absolute atomic E-state index is 12.0. The molecule has 2 rings (SSSR count). The first-order valence-corrected chi connectivity index (χ1v) is 5.93. The number of hydrogen-bond donors (Lipinski definition) is 3. The van der Waals surface area contributed by atoms with Gasteiger partial charge in [-0.25, -0.2) is 5.43 Å². The van der Waals surface area contributed by atoms with Gasteiger partial charge in [0.1, 0.15) is 5.71 Å². The number of rotatable bonds is 4. The van der Waals surface area contributed by atoms with Crippen molar-refractivity contribution in [3.05, 3.63) is 0 Å². The lowest BCUT2D eigenvalue weighted by atomic mass is 9.95. The van der Waals surface area contributed by atoms with Crippen LogP contribution in [-0.4, -0.2) is 29.6 Å². The Bertz CT molecular complexity index is 376. The van der Waals surface area contributed by atoms with Crippen LogP contribution in [0.3, 0.4) is 0 Å².